The second-order valence-corrected chi connectivity index (χ2v) is 8.56. The lowest BCUT2D eigenvalue weighted by molar-refractivity contribution is 0.334. The molecule has 3 aromatic heterocycles. The molecular formula is C23H22FN3OS. The summed E-state index contributed by atoms with van der Waals surface area (Å²) in [6.45, 7) is 3.42. The Morgan fingerprint density at radius 3 is 2.86 bits per heavy atom. The normalized spacial score (nSPS) is 14.7. The van der Waals surface area contributed by atoms with Gasteiger partial charge in [-0.05, 0) is 50.2 Å². The average molecular weight is 408 g/mol. The molecule has 0 bridgehead atoms. The third-order valence-corrected chi connectivity index (χ3v) is 6.64. The second-order valence-electron chi connectivity index (χ2n) is 7.39. The molecule has 0 unspecified atom stereocenters. The van der Waals surface area contributed by atoms with Crippen molar-refractivity contribution in [2.75, 3.05) is 20.2 Å². The van der Waals surface area contributed by atoms with E-state index in [4.69, 9.17) is 4.74 Å². The average Bonchev–Trinajstić information content (AvgIpc) is 3.48. The van der Waals surface area contributed by atoms with Crippen LogP contribution in [0.3, 0.4) is 0 Å². The molecule has 4 nitrogen and oxygen atoms in total. The quantitative estimate of drug-likeness (QED) is 0.461. The topological polar surface area (TPSA) is 41.1 Å². The largest absolute Gasteiger partial charge is 0.493 e. The minimum atomic E-state index is -0.367. The molecule has 4 heterocycles. The zero-order valence-electron chi connectivity index (χ0n) is 16.2. The summed E-state index contributed by atoms with van der Waals surface area (Å²) >= 11 is 1.82. The number of H-pyrrole nitrogens is 1. The summed E-state index contributed by atoms with van der Waals surface area (Å²) in [5.74, 6) is -0.115. The number of nitrogens with one attached hydrogen (secondary N) is 1. The van der Waals surface area contributed by atoms with Crippen LogP contribution in [-0.4, -0.2) is 35.1 Å². The van der Waals surface area contributed by atoms with Crippen molar-refractivity contribution in [3.05, 3.63) is 59.5 Å². The number of likely N-dealkylation sites (tertiary alicyclic amines) is 1. The molecular weight excluding hydrogens is 385 g/mol. The molecule has 1 fully saturated rings. The summed E-state index contributed by atoms with van der Waals surface area (Å²) in [6, 6.07) is 11.5. The number of aromatic amines is 1. The molecule has 1 N–H and O–H groups in total. The molecule has 1 aliphatic heterocycles. The van der Waals surface area contributed by atoms with Crippen molar-refractivity contribution in [2.24, 2.45) is 0 Å². The second kappa shape index (κ2) is 7.61. The molecule has 0 aliphatic carbocycles. The number of methoxy groups -OCH3 is 1. The van der Waals surface area contributed by atoms with E-state index in [2.05, 4.69) is 33.1 Å². The monoisotopic (exact) mass is 407 g/mol. The van der Waals surface area contributed by atoms with Gasteiger partial charge in [0.25, 0.3) is 0 Å². The van der Waals surface area contributed by atoms with Gasteiger partial charge in [-0.1, -0.05) is 12.1 Å². The number of pyridine rings is 1. The van der Waals surface area contributed by atoms with Crippen LogP contribution in [0.2, 0.25) is 0 Å². The van der Waals surface area contributed by atoms with Gasteiger partial charge in [-0.25, -0.2) is 9.37 Å². The van der Waals surface area contributed by atoms with Gasteiger partial charge in [-0.15, -0.1) is 11.3 Å². The molecule has 1 saturated heterocycles. The number of hydrogen-bond donors (Lipinski definition) is 1. The molecule has 4 aromatic rings. The van der Waals surface area contributed by atoms with E-state index in [0.717, 1.165) is 34.3 Å². The lowest BCUT2D eigenvalue weighted by Crippen LogP contribution is -2.17. The molecule has 6 heteroatoms. The van der Waals surface area contributed by atoms with E-state index < -0.39 is 0 Å². The molecule has 0 saturated carbocycles. The maximum atomic E-state index is 14.2. The van der Waals surface area contributed by atoms with E-state index in [1.165, 1.54) is 48.9 Å². The first kappa shape index (κ1) is 18.3. The van der Waals surface area contributed by atoms with Gasteiger partial charge in [0.2, 0.25) is 0 Å². The Morgan fingerprint density at radius 2 is 2.03 bits per heavy atom. The highest BCUT2D eigenvalue weighted by Crippen LogP contribution is 2.38. The fourth-order valence-corrected chi connectivity index (χ4v) is 5.10. The fraction of sp³-hybridized carbons (Fsp3) is 0.261. The van der Waals surface area contributed by atoms with E-state index in [1.54, 1.807) is 6.07 Å². The van der Waals surface area contributed by atoms with Gasteiger partial charge in [0.15, 0.2) is 11.6 Å². The Labute approximate surface area is 173 Å². The zero-order valence-corrected chi connectivity index (χ0v) is 17.1. The highest BCUT2D eigenvalue weighted by Gasteiger charge is 2.17. The van der Waals surface area contributed by atoms with E-state index in [1.807, 2.05) is 29.8 Å². The minimum absolute atomic E-state index is 0.253. The van der Waals surface area contributed by atoms with Gasteiger partial charge >= 0.3 is 0 Å². The van der Waals surface area contributed by atoms with Crippen LogP contribution < -0.4 is 4.74 Å². The molecule has 0 radical (unpaired) electrons. The van der Waals surface area contributed by atoms with Crippen LogP contribution >= 0.6 is 11.3 Å². The number of para-hydroxylation sites is 1. The maximum Gasteiger partial charge on any atom is 0.165 e. The first-order valence-electron chi connectivity index (χ1n) is 9.84. The smallest absolute Gasteiger partial charge is 0.165 e. The van der Waals surface area contributed by atoms with Crippen LogP contribution in [0.4, 0.5) is 4.39 Å². The minimum Gasteiger partial charge on any atom is -0.493 e. The predicted octanol–water partition coefficient (Wildman–Crippen LogP) is 5.70. The first-order valence-corrected chi connectivity index (χ1v) is 10.7. The van der Waals surface area contributed by atoms with Crippen LogP contribution in [0.5, 0.6) is 5.75 Å². The van der Waals surface area contributed by atoms with Gasteiger partial charge in [0, 0.05) is 50.8 Å². The standard InChI is InChI=1S/C23H22FN3OS/c1-28-22-17(5-4-6-20(22)24)19-13-26-23-18(19)11-15(12-25-23)21-8-7-16(29-21)14-27-9-2-3-10-27/h4-8,11-13H,2-3,9-10,14H2,1H3,(H,25,26). The van der Waals surface area contributed by atoms with Gasteiger partial charge in [0.1, 0.15) is 5.65 Å². The van der Waals surface area contributed by atoms with Crippen molar-refractivity contribution in [2.45, 2.75) is 19.4 Å². The number of ether oxygens (including phenoxy) is 1. The first-order chi connectivity index (χ1) is 14.2. The van der Waals surface area contributed by atoms with Crippen LogP contribution in [0.15, 0.2) is 48.8 Å². The third kappa shape index (κ3) is 3.43. The third-order valence-electron chi connectivity index (χ3n) is 5.52. The predicted molar refractivity (Wildman–Crippen MR) is 116 cm³/mol. The summed E-state index contributed by atoms with van der Waals surface area (Å²) in [4.78, 5) is 12.9. The number of rotatable bonds is 5. The van der Waals surface area contributed by atoms with Crippen LogP contribution in [0.25, 0.3) is 32.6 Å². The molecule has 148 valence electrons. The van der Waals surface area contributed by atoms with E-state index in [9.17, 15) is 4.39 Å². The summed E-state index contributed by atoms with van der Waals surface area (Å²) in [7, 11) is 1.49. The number of fused-ring (bicyclic) bond motifs is 1. The van der Waals surface area contributed by atoms with Gasteiger partial charge in [-0.2, -0.15) is 0 Å². The maximum absolute atomic E-state index is 14.2. The Hall–Kier alpha value is -2.70. The summed E-state index contributed by atoms with van der Waals surface area (Å²) in [6.07, 6.45) is 6.38. The van der Waals surface area contributed by atoms with Crippen molar-refractivity contribution in [3.8, 4) is 27.3 Å². The van der Waals surface area contributed by atoms with Crippen molar-refractivity contribution >= 4 is 22.4 Å². The van der Waals surface area contributed by atoms with Gasteiger partial charge in [0.05, 0.1) is 7.11 Å². The number of benzene rings is 1. The van der Waals surface area contributed by atoms with Crippen LogP contribution in [-0.2, 0) is 6.54 Å². The lowest BCUT2D eigenvalue weighted by atomic mass is 10.0. The van der Waals surface area contributed by atoms with E-state index in [-0.39, 0.29) is 11.6 Å². The SMILES string of the molecule is COc1c(F)cccc1-c1c[nH]c2ncc(-c3ccc(CN4CCCC4)s3)cc12. The molecule has 0 amide bonds. The van der Waals surface area contributed by atoms with Gasteiger partial charge < -0.3 is 9.72 Å². The van der Waals surface area contributed by atoms with Crippen molar-refractivity contribution in [1.29, 1.82) is 0 Å². The van der Waals surface area contributed by atoms with Crippen LogP contribution in [0.1, 0.15) is 17.7 Å². The van der Waals surface area contributed by atoms with E-state index in [0.29, 0.717) is 0 Å². The Balaban J connectivity index is 1.52. The summed E-state index contributed by atoms with van der Waals surface area (Å²) in [5, 5.41) is 0.959. The highest BCUT2D eigenvalue weighted by molar-refractivity contribution is 7.15. The van der Waals surface area contributed by atoms with Crippen molar-refractivity contribution in [1.82, 2.24) is 14.9 Å². The number of hydrogen-bond acceptors (Lipinski definition) is 4. The Bertz CT molecular complexity index is 1160. The lowest BCUT2D eigenvalue weighted by Gasteiger charge is -2.12. The molecule has 1 aromatic carbocycles. The summed E-state index contributed by atoms with van der Waals surface area (Å²) in [5.41, 5.74) is 3.47. The number of thiophene rings is 1. The van der Waals surface area contributed by atoms with Crippen molar-refractivity contribution < 1.29 is 9.13 Å². The number of nitrogens with zero attached hydrogens (tertiary/aromatic N) is 2. The highest BCUT2D eigenvalue weighted by atomic mass is 32.1. The Morgan fingerprint density at radius 1 is 1.17 bits per heavy atom. The Kier molecular flexibility index (Phi) is 4.81. The van der Waals surface area contributed by atoms with Crippen LogP contribution in [0, 0.1) is 5.82 Å². The van der Waals surface area contributed by atoms with Crippen molar-refractivity contribution in [3.63, 3.8) is 0 Å². The molecule has 5 rings (SSSR count). The zero-order chi connectivity index (χ0) is 19.8. The van der Waals surface area contributed by atoms with E-state index >= 15 is 0 Å². The number of aromatic nitrogens is 2. The van der Waals surface area contributed by atoms with Gasteiger partial charge in [-0.3, -0.25) is 4.90 Å². The number of halogens is 1. The molecule has 0 atom stereocenters. The fourth-order valence-electron chi connectivity index (χ4n) is 4.07. The molecule has 0 spiro atoms. The summed E-state index contributed by atoms with van der Waals surface area (Å²) < 4.78 is 19.5. The molecule has 1 aliphatic rings. The molecule has 29 heavy (non-hydrogen) atoms.